The van der Waals surface area contributed by atoms with E-state index in [0.29, 0.717) is 30.4 Å². The molecule has 2 aromatic carbocycles. The van der Waals surface area contributed by atoms with Gasteiger partial charge in [0.2, 0.25) is 5.95 Å². The molecule has 5 rings (SSSR count). The molecule has 9 heteroatoms. The number of nitrogens with zero attached hydrogens (tertiary/aromatic N) is 5. The minimum absolute atomic E-state index is 0.124. The summed E-state index contributed by atoms with van der Waals surface area (Å²) in [6, 6.07) is 17.4. The lowest BCUT2D eigenvalue weighted by Gasteiger charge is -2.35. The van der Waals surface area contributed by atoms with Crippen molar-refractivity contribution < 1.29 is 14.3 Å². The Labute approximate surface area is 208 Å². The standard InChI is InChI=1S/C27H27FN6O2/c1-18(26(35)36)33-15-12-22(13-16-33)34-17-30-24(19-7-9-20(28)10-8-19)25(34)23-11-14-29-27(32-23)31-21-5-3-2-4-6-21/h2-11,14,17-18,22H,12-13,15-16H2,1H3,(H,35,36)(H,29,31,32). The van der Waals surface area contributed by atoms with Crippen molar-refractivity contribution in [1.29, 1.82) is 0 Å². The zero-order chi connectivity index (χ0) is 25.1. The molecular weight excluding hydrogens is 459 g/mol. The van der Waals surface area contributed by atoms with Crippen molar-refractivity contribution in [1.82, 2.24) is 24.4 Å². The Balaban J connectivity index is 1.51. The summed E-state index contributed by atoms with van der Waals surface area (Å²) in [5.41, 5.74) is 3.90. The van der Waals surface area contributed by atoms with E-state index in [1.807, 2.05) is 41.3 Å². The van der Waals surface area contributed by atoms with Gasteiger partial charge in [-0.05, 0) is 62.2 Å². The zero-order valence-corrected chi connectivity index (χ0v) is 19.9. The molecule has 0 bridgehead atoms. The molecule has 3 heterocycles. The van der Waals surface area contributed by atoms with Crippen LogP contribution in [0.25, 0.3) is 22.6 Å². The highest BCUT2D eigenvalue weighted by molar-refractivity contribution is 5.77. The second-order valence-electron chi connectivity index (χ2n) is 8.89. The molecule has 8 nitrogen and oxygen atoms in total. The second-order valence-corrected chi connectivity index (χ2v) is 8.89. The number of anilines is 2. The Morgan fingerprint density at radius 1 is 1.06 bits per heavy atom. The average molecular weight is 487 g/mol. The number of rotatable bonds is 7. The molecule has 1 saturated heterocycles. The molecule has 184 valence electrons. The molecule has 1 aliphatic rings. The molecule has 1 aliphatic heterocycles. The van der Waals surface area contributed by atoms with Crippen LogP contribution in [-0.4, -0.2) is 54.6 Å². The molecular formula is C27H27FN6O2. The molecule has 36 heavy (non-hydrogen) atoms. The molecule has 2 N–H and O–H groups in total. The maximum absolute atomic E-state index is 13.6. The third kappa shape index (κ3) is 4.96. The number of nitrogens with one attached hydrogen (secondary N) is 1. The quantitative estimate of drug-likeness (QED) is 0.379. The first-order chi connectivity index (χ1) is 17.5. The highest BCUT2D eigenvalue weighted by Crippen LogP contribution is 2.36. The summed E-state index contributed by atoms with van der Waals surface area (Å²) in [5.74, 6) is -0.660. The van der Waals surface area contributed by atoms with E-state index in [0.717, 1.165) is 29.8 Å². The number of imidazole rings is 1. The number of halogens is 1. The van der Waals surface area contributed by atoms with Crippen molar-refractivity contribution in [2.24, 2.45) is 0 Å². The van der Waals surface area contributed by atoms with E-state index in [-0.39, 0.29) is 11.9 Å². The molecule has 0 radical (unpaired) electrons. The normalized spacial score (nSPS) is 15.5. The van der Waals surface area contributed by atoms with Gasteiger partial charge >= 0.3 is 5.97 Å². The fourth-order valence-corrected chi connectivity index (χ4v) is 4.62. The van der Waals surface area contributed by atoms with Crippen LogP contribution in [0.15, 0.2) is 73.2 Å². The topological polar surface area (TPSA) is 96.2 Å². The minimum Gasteiger partial charge on any atom is -0.480 e. The number of hydrogen-bond acceptors (Lipinski definition) is 6. The van der Waals surface area contributed by atoms with Crippen LogP contribution in [0.3, 0.4) is 0 Å². The Kier molecular flexibility index (Phi) is 6.73. The predicted molar refractivity (Wildman–Crippen MR) is 135 cm³/mol. The number of benzene rings is 2. The van der Waals surface area contributed by atoms with Crippen molar-refractivity contribution in [2.75, 3.05) is 18.4 Å². The van der Waals surface area contributed by atoms with Crippen LogP contribution in [0, 0.1) is 5.82 Å². The largest absolute Gasteiger partial charge is 0.480 e. The first kappa shape index (κ1) is 23.6. The number of para-hydroxylation sites is 1. The first-order valence-corrected chi connectivity index (χ1v) is 11.9. The van der Waals surface area contributed by atoms with Gasteiger partial charge < -0.3 is 15.0 Å². The summed E-state index contributed by atoms with van der Waals surface area (Å²) in [6.07, 6.45) is 5.08. The molecule has 0 spiro atoms. The van der Waals surface area contributed by atoms with E-state index in [9.17, 15) is 14.3 Å². The van der Waals surface area contributed by atoms with Gasteiger partial charge in [0.25, 0.3) is 0 Å². The number of likely N-dealkylation sites (tertiary alicyclic amines) is 1. The number of aliphatic carboxylic acids is 1. The van der Waals surface area contributed by atoms with Gasteiger partial charge in [0.1, 0.15) is 11.9 Å². The summed E-state index contributed by atoms with van der Waals surface area (Å²) in [5, 5.41) is 12.6. The summed E-state index contributed by atoms with van der Waals surface area (Å²) < 4.78 is 15.8. The molecule has 2 aromatic heterocycles. The van der Waals surface area contributed by atoms with Crippen LogP contribution >= 0.6 is 0 Å². The smallest absolute Gasteiger partial charge is 0.320 e. The third-order valence-electron chi connectivity index (χ3n) is 6.64. The number of hydrogen-bond donors (Lipinski definition) is 2. The Hall–Kier alpha value is -4.11. The van der Waals surface area contributed by atoms with Crippen molar-refractivity contribution in [2.45, 2.75) is 31.8 Å². The Bertz CT molecular complexity index is 1330. The SMILES string of the molecule is CC(C(=O)O)N1CCC(n2cnc(-c3ccc(F)cc3)c2-c2ccnc(Nc3ccccc3)n2)CC1. The molecule has 1 atom stereocenters. The highest BCUT2D eigenvalue weighted by Gasteiger charge is 2.29. The van der Waals surface area contributed by atoms with Crippen LogP contribution in [0.1, 0.15) is 25.8 Å². The number of carboxylic acid groups (broad SMARTS) is 1. The van der Waals surface area contributed by atoms with Gasteiger partial charge in [-0.15, -0.1) is 0 Å². The molecule has 0 aliphatic carbocycles. The van der Waals surface area contributed by atoms with E-state index < -0.39 is 12.0 Å². The van der Waals surface area contributed by atoms with Crippen molar-refractivity contribution in [3.63, 3.8) is 0 Å². The number of aromatic nitrogens is 4. The van der Waals surface area contributed by atoms with Gasteiger partial charge in [0.05, 0.1) is 23.4 Å². The lowest BCUT2D eigenvalue weighted by molar-refractivity contribution is -0.143. The van der Waals surface area contributed by atoms with Gasteiger partial charge in [-0.1, -0.05) is 18.2 Å². The van der Waals surface area contributed by atoms with E-state index in [4.69, 9.17) is 9.97 Å². The molecule has 4 aromatic rings. The van der Waals surface area contributed by atoms with Gasteiger partial charge in [0, 0.05) is 36.6 Å². The fourth-order valence-electron chi connectivity index (χ4n) is 4.62. The van der Waals surface area contributed by atoms with Crippen LogP contribution in [0.4, 0.5) is 16.0 Å². The minimum atomic E-state index is -0.810. The van der Waals surface area contributed by atoms with Crippen molar-refractivity contribution >= 4 is 17.6 Å². The summed E-state index contributed by atoms with van der Waals surface area (Å²) in [7, 11) is 0. The second kappa shape index (κ2) is 10.2. The van der Waals surface area contributed by atoms with Gasteiger partial charge in [-0.3, -0.25) is 9.69 Å². The van der Waals surface area contributed by atoms with Gasteiger partial charge in [-0.25, -0.2) is 19.3 Å². The third-order valence-corrected chi connectivity index (χ3v) is 6.64. The maximum atomic E-state index is 13.6. The van der Waals surface area contributed by atoms with E-state index in [1.165, 1.54) is 12.1 Å². The number of carbonyl (C=O) groups is 1. The Morgan fingerprint density at radius 3 is 2.47 bits per heavy atom. The van der Waals surface area contributed by atoms with Crippen LogP contribution in [0.5, 0.6) is 0 Å². The number of carboxylic acids is 1. The molecule has 0 amide bonds. The van der Waals surface area contributed by atoms with Crippen molar-refractivity contribution in [3.05, 3.63) is 79.0 Å². The Morgan fingerprint density at radius 2 is 1.78 bits per heavy atom. The van der Waals surface area contributed by atoms with Crippen LogP contribution in [0.2, 0.25) is 0 Å². The average Bonchev–Trinajstić information content (AvgIpc) is 3.35. The zero-order valence-electron chi connectivity index (χ0n) is 19.9. The van der Waals surface area contributed by atoms with Gasteiger partial charge in [-0.2, -0.15) is 0 Å². The highest BCUT2D eigenvalue weighted by atomic mass is 19.1. The monoisotopic (exact) mass is 486 g/mol. The summed E-state index contributed by atoms with van der Waals surface area (Å²) in [6.45, 7) is 3.07. The maximum Gasteiger partial charge on any atom is 0.320 e. The predicted octanol–water partition coefficient (Wildman–Crippen LogP) is 5.00. The fraction of sp³-hybridized carbons (Fsp3) is 0.259. The molecule has 1 unspecified atom stereocenters. The lowest BCUT2D eigenvalue weighted by Crippen LogP contribution is -2.44. The van der Waals surface area contributed by atoms with Crippen molar-refractivity contribution in [3.8, 4) is 22.6 Å². The molecule has 0 saturated carbocycles. The van der Waals surface area contributed by atoms with E-state index in [2.05, 4.69) is 14.9 Å². The summed E-state index contributed by atoms with van der Waals surface area (Å²) in [4.78, 5) is 27.3. The van der Waals surface area contributed by atoms with Gasteiger partial charge in [0.15, 0.2) is 0 Å². The number of piperidine rings is 1. The van der Waals surface area contributed by atoms with E-state index in [1.54, 1.807) is 31.6 Å². The lowest BCUT2D eigenvalue weighted by atomic mass is 10.0. The van der Waals surface area contributed by atoms with Crippen LogP contribution in [-0.2, 0) is 4.79 Å². The van der Waals surface area contributed by atoms with E-state index >= 15 is 0 Å². The first-order valence-electron chi connectivity index (χ1n) is 11.9. The summed E-state index contributed by atoms with van der Waals surface area (Å²) >= 11 is 0. The van der Waals surface area contributed by atoms with Crippen LogP contribution < -0.4 is 5.32 Å². The molecule has 1 fully saturated rings.